The van der Waals surface area contributed by atoms with Crippen LogP contribution in [-0.2, 0) is 0 Å². The fourth-order valence-electron chi connectivity index (χ4n) is 2.20. The second-order valence-corrected chi connectivity index (χ2v) is 6.20. The van der Waals surface area contributed by atoms with Crippen molar-refractivity contribution in [3.8, 4) is 23.5 Å². The summed E-state index contributed by atoms with van der Waals surface area (Å²) < 4.78 is 10.6. The van der Waals surface area contributed by atoms with E-state index in [4.69, 9.17) is 26.2 Å². The number of benzene rings is 2. The second-order valence-electron chi connectivity index (χ2n) is 5.86. The Morgan fingerprint density at radius 3 is 1.56 bits per heavy atom. The first-order chi connectivity index (χ1) is 15.5. The molecule has 0 unspecified atom stereocenters. The van der Waals surface area contributed by atoms with E-state index < -0.39 is 11.2 Å². The average Bonchev–Trinajstić information content (AvgIpc) is 2.81. The lowest BCUT2D eigenvalue weighted by molar-refractivity contribution is 0.0689. The molecule has 32 heavy (non-hydrogen) atoms. The normalized spacial score (nSPS) is 9.78. The lowest BCUT2D eigenvalue weighted by Crippen LogP contribution is -2.02. The van der Waals surface area contributed by atoms with Gasteiger partial charge in [-0.2, -0.15) is 9.97 Å². The standard InChI is InChI=1S/C11H7ClN2O2.C11H8N2O3/c12-10(15)9-6-7-13-11(14-9)16-8-4-2-1-3-5-8;14-10(15)9-6-7-12-11(13-9)16-8-4-2-1-3-5-8/h1-7H;1-7H,(H,14,15). The van der Waals surface area contributed by atoms with Crippen LogP contribution >= 0.6 is 11.6 Å². The molecular weight excluding hydrogens is 436 g/mol. The van der Waals surface area contributed by atoms with Crippen LogP contribution < -0.4 is 9.47 Å². The van der Waals surface area contributed by atoms with Gasteiger partial charge in [0.05, 0.1) is 0 Å². The van der Waals surface area contributed by atoms with Gasteiger partial charge in [0.15, 0.2) is 5.69 Å². The van der Waals surface area contributed by atoms with Crippen LogP contribution in [0.5, 0.6) is 23.5 Å². The molecule has 10 heteroatoms. The summed E-state index contributed by atoms with van der Waals surface area (Å²) in [5.41, 5.74) is 0.0172. The highest BCUT2D eigenvalue weighted by Crippen LogP contribution is 2.17. The summed E-state index contributed by atoms with van der Waals surface area (Å²) in [6.07, 6.45) is 2.76. The van der Waals surface area contributed by atoms with E-state index in [1.165, 1.54) is 24.5 Å². The van der Waals surface area contributed by atoms with Crippen LogP contribution in [0.4, 0.5) is 0 Å². The third kappa shape index (κ3) is 6.85. The zero-order valence-corrected chi connectivity index (χ0v) is 17.1. The lowest BCUT2D eigenvalue weighted by atomic mass is 10.3. The van der Waals surface area contributed by atoms with Crippen molar-refractivity contribution in [3.05, 3.63) is 96.6 Å². The molecule has 2 aromatic carbocycles. The molecule has 9 nitrogen and oxygen atoms in total. The maximum atomic E-state index is 10.9. The van der Waals surface area contributed by atoms with Crippen LogP contribution in [-0.4, -0.2) is 36.3 Å². The van der Waals surface area contributed by atoms with Gasteiger partial charge in [-0.15, -0.1) is 0 Å². The number of para-hydroxylation sites is 2. The molecule has 0 saturated carbocycles. The van der Waals surface area contributed by atoms with Gasteiger partial charge in [-0.3, -0.25) is 4.79 Å². The van der Waals surface area contributed by atoms with Crippen molar-refractivity contribution in [1.82, 2.24) is 19.9 Å². The van der Waals surface area contributed by atoms with E-state index in [0.29, 0.717) is 11.5 Å². The summed E-state index contributed by atoms with van der Waals surface area (Å²) in [4.78, 5) is 36.8. The van der Waals surface area contributed by atoms with Crippen LogP contribution in [0.25, 0.3) is 0 Å². The van der Waals surface area contributed by atoms with Gasteiger partial charge >= 0.3 is 18.0 Å². The Bertz CT molecular complexity index is 1100. The minimum atomic E-state index is -1.11. The van der Waals surface area contributed by atoms with Crippen LogP contribution in [0.2, 0.25) is 0 Å². The van der Waals surface area contributed by atoms with Crippen molar-refractivity contribution < 1.29 is 24.2 Å². The number of rotatable bonds is 6. The maximum Gasteiger partial charge on any atom is 0.354 e. The molecule has 0 atom stereocenters. The number of carbonyl (C=O) groups is 2. The van der Waals surface area contributed by atoms with E-state index in [0.717, 1.165) is 0 Å². The van der Waals surface area contributed by atoms with Gasteiger partial charge in [-0.25, -0.2) is 14.8 Å². The van der Waals surface area contributed by atoms with Gasteiger partial charge in [-0.1, -0.05) is 36.4 Å². The van der Waals surface area contributed by atoms with Crippen molar-refractivity contribution >= 4 is 22.8 Å². The molecule has 160 valence electrons. The third-order valence-electron chi connectivity index (χ3n) is 3.59. The predicted molar refractivity (Wildman–Crippen MR) is 114 cm³/mol. The molecule has 0 saturated heterocycles. The minimum Gasteiger partial charge on any atom is -0.477 e. The number of carbonyl (C=O) groups excluding carboxylic acids is 1. The molecule has 1 N–H and O–H groups in total. The quantitative estimate of drug-likeness (QED) is 0.419. The number of hydrogen-bond donors (Lipinski definition) is 1. The van der Waals surface area contributed by atoms with Crippen LogP contribution in [0, 0.1) is 0 Å². The number of hydrogen-bond acceptors (Lipinski definition) is 8. The highest BCUT2D eigenvalue weighted by Gasteiger charge is 2.08. The van der Waals surface area contributed by atoms with Crippen molar-refractivity contribution in [2.24, 2.45) is 0 Å². The second kappa shape index (κ2) is 11.1. The van der Waals surface area contributed by atoms with Crippen molar-refractivity contribution in [3.63, 3.8) is 0 Å². The van der Waals surface area contributed by atoms with E-state index in [-0.39, 0.29) is 23.4 Å². The van der Waals surface area contributed by atoms with Crippen LogP contribution in [0.15, 0.2) is 85.2 Å². The van der Waals surface area contributed by atoms with E-state index in [1.807, 2.05) is 24.3 Å². The number of carboxylic acids is 1. The molecule has 0 fully saturated rings. The molecule has 0 bridgehead atoms. The fourth-order valence-corrected chi connectivity index (χ4v) is 2.30. The molecule has 4 rings (SSSR count). The Morgan fingerprint density at radius 2 is 1.12 bits per heavy atom. The summed E-state index contributed by atoms with van der Waals surface area (Å²) in [6, 6.07) is 20.8. The van der Waals surface area contributed by atoms with Crippen molar-refractivity contribution in [2.45, 2.75) is 0 Å². The number of nitrogens with zero attached hydrogens (tertiary/aromatic N) is 4. The number of aromatic nitrogens is 4. The minimum absolute atomic E-state index is 0.0195. The molecule has 0 aliphatic heterocycles. The molecule has 2 heterocycles. The highest BCUT2D eigenvalue weighted by atomic mass is 35.5. The summed E-state index contributed by atoms with van der Waals surface area (Å²) in [7, 11) is 0. The molecule has 0 amide bonds. The van der Waals surface area contributed by atoms with Crippen molar-refractivity contribution in [2.75, 3.05) is 0 Å². The Hall–Kier alpha value is -4.37. The SMILES string of the molecule is O=C(Cl)c1ccnc(Oc2ccccc2)n1.O=C(O)c1ccnc(Oc2ccccc2)n1. The molecule has 0 radical (unpaired) electrons. The topological polar surface area (TPSA) is 124 Å². The van der Waals surface area contributed by atoms with Gasteiger partial charge in [0.2, 0.25) is 0 Å². The highest BCUT2D eigenvalue weighted by molar-refractivity contribution is 6.67. The van der Waals surface area contributed by atoms with Gasteiger partial charge in [0.25, 0.3) is 5.24 Å². The largest absolute Gasteiger partial charge is 0.477 e. The molecule has 0 spiro atoms. The van der Waals surface area contributed by atoms with Gasteiger partial charge < -0.3 is 14.6 Å². The summed E-state index contributed by atoms with van der Waals surface area (Å²) >= 11 is 5.29. The van der Waals surface area contributed by atoms with E-state index in [2.05, 4.69) is 19.9 Å². The Labute approximate surface area is 187 Å². The van der Waals surface area contributed by atoms with Gasteiger partial charge in [0.1, 0.15) is 17.2 Å². The Kier molecular flexibility index (Phi) is 7.77. The van der Waals surface area contributed by atoms with E-state index in [9.17, 15) is 9.59 Å². The van der Waals surface area contributed by atoms with Crippen molar-refractivity contribution in [1.29, 1.82) is 0 Å². The Balaban J connectivity index is 0.000000181. The molecule has 4 aromatic rings. The monoisotopic (exact) mass is 450 g/mol. The zero-order chi connectivity index (χ0) is 22.8. The third-order valence-corrected chi connectivity index (χ3v) is 3.79. The summed E-state index contributed by atoms with van der Waals surface area (Å²) in [5, 5.41) is 8.09. The first-order valence-corrected chi connectivity index (χ1v) is 9.44. The molecule has 0 aliphatic carbocycles. The number of ether oxygens (including phenoxy) is 2. The van der Waals surface area contributed by atoms with E-state index in [1.54, 1.807) is 36.4 Å². The fraction of sp³-hybridized carbons (Fsp3) is 0. The first kappa shape index (κ1) is 22.3. The Morgan fingerprint density at radius 1 is 0.688 bits per heavy atom. The number of aromatic carboxylic acids is 1. The lowest BCUT2D eigenvalue weighted by Gasteiger charge is -2.02. The zero-order valence-electron chi connectivity index (χ0n) is 16.3. The first-order valence-electron chi connectivity index (χ1n) is 9.06. The smallest absolute Gasteiger partial charge is 0.354 e. The van der Waals surface area contributed by atoms with Crippen LogP contribution in [0.1, 0.15) is 21.0 Å². The molecular formula is C22H15ClN4O5. The number of halogens is 1. The predicted octanol–water partition coefficient (Wildman–Crippen LogP) is 4.62. The average molecular weight is 451 g/mol. The van der Waals surface area contributed by atoms with Crippen LogP contribution in [0.3, 0.4) is 0 Å². The summed E-state index contributed by atoms with van der Waals surface area (Å²) in [5.74, 6) is 0.0482. The van der Waals surface area contributed by atoms with E-state index >= 15 is 0 Å². The summed E-state index contributed by atoms with van der Waals surface area (Å²) in [6.45, 7) is 0. The van der Waals surface area contributed by atoms with Gasteiger partial charge in [-0.05, 0) is 48.0 Å². The molecule has 0 aliphatic rings. The number of carboxylic acid groups (broad SMARTS) is 1. The van der Waals surface area contributed by atoms with Gasteiger partial charge in [0, 0.05) is 12.4 Å². The molecule has 2 aromatic heterocycles. The maximum absolute atomic E-state index is 10.9.